The molecular formula is C5H11FO2S. The van der Waals surface area contributed by atoms with Crippen LogP contribution in [0.5, 0.6) is 0 Å². The van der Waals surface area contributed by atoms with Crippen LogP contribution in [0.2, 0.25) is 0 Å². The van der Waals surface area contributed by atoms with Crippen molar-refractivity contribution in [1.29, 1.82) is 0 Å². The van der Waals surface area contributed by atoms with Gasteiger partial charge in [-0.05, 0) is 5.92 Å². The molecule has 0 aromatic rings. The van der Waals surface area contributed by atoms with Crippen LogP contribution in [0.1, 0.15) is 20.3 Å². The van der Waals surface area contributed by atoms with Crippen LogP contribution in [-0.4, -0.2) is 14.2 Å². The smallest absolute Gasteiger partial charge is 0.195 e. The first kappa shape index (κ1) is 8.88. The average molecular weight is 154 g/mol. The molecule has 0 aromatic heterocycles. The fraction of sp³-hybridized carbons (Fsp3) is 1.00. The molecule has 0 aliphatic rings. The minimum atomic E-state index is -4.24. The molecule has 0 N–H and O–H groups in total. The fourth-order valence-electron chi connectivity index (χ4n) is 0.458. The van der Waals surface area contributed by atoms with Gasteiger partial charge in [0.2, 0.25) is 0 Å². The molecule has 4 heteroatoms. The van der Waals surface area contributed by atoms with E-state index in [1.54, 1.807) is 6.92 Å². The van der Waals surface area contributed by atoms with Gasteiger partial charge in [-0.2, -0.15) is 8.42 Å². The van der Waals surface area contributed by atoms with E-state index < -0.39 is 10.2 Å². The minimum absolute atomic E-state index is 0.0694. The summed E-state index contributed by atoms with van der Waals surface area (Å²) in [6.07, 6.45) is 0.698. The van der Waals surface area contributed by atoms with E-state index >= 15 is 0 Å². The number of halogens is 1. The lowest BCUT2D eigenvalue weighted by Gasteiger charge is -2.01. The van der Waals surface area contributed by atoms with E-state index in [0.717, 1.165) is 0 Å². The van der Waals surface area contributed by atoms with Crippen LogP contribution in [-0.2, 0) is 10.2 Å². The van der Waals surface area contributed by atoms with Crippen LogP contribution in [0, 0.1) is 5.92 Å². The Balaban J connectivity index is 3.75. The van der Waals surface area contributed by atoms with E-state index in [0.29, 0.717) is 6.42 Å². The molecule has 1 atom stereocenters. The molecule has 0 unspecified atom stereocenters. The van der Waals surface area contributed by atoms with Crippen LogP contribution in [0.15, 0.2) is 0 Å². The van der Waals surface area contributed by atoms with Crippen molar-refractivity contribution in [3.8, 4) is 0 Å². The summed E-state index contributed by atoms with van der Waals surface area (Å²) in [4.78, 5) is 0. The first-order valence-corrected chi connectivity index (χ1v) is 4.43. The lowest BCUT2D eigenvalue weighted by Crippen LogP contribution is -2.07. The Morgan fingerprint density at radius 1 is 1.56 bits per heavy atom. The summed E-state index contributed by atoms with van der Waals surface area (Å²) in [6.45, 7) is 3.53. The zero-order chi connectivity index (χ0) is 7.49. The standard InChI is InChI=1S/C5H11FO2S/c1-3-5(2)4-9(6,7)8/h5H,3-4H2,1-2H3/t5-/m1/s1. The highest BCUT2D eigenvalue weighted by molar-refractivity contribution is 7.86. The van der Waals surface area contributed by atoms with Gasteiger partial charge in [0.05, 0.1) is 5.75 Å². The molecule has 0 saturated carbocycles. The van der Waals surface area contributed by atoms with Crippen molar-refractivity contribution in [2.45, 2.75) is 20.3 Å². The van der Waals surface area contributed by atoms with Crippen molar-refractivity contribution in [3.05, 3.63) is 0 Å². The lowest BCUT2D eigenvalue weighted by atomic mass is 10.2. The molecule has 0 radical (unpaired) electrons. The topological polar surface area (TPSA) is 34.1 Å². The zero-order valence-corrected chi connectivity index (χ0v) is 6.41. The normalized spacial score (nSPS) is 15.4. The third kappa shape index (κ3) is 5.76. The van der Waals surface area contributed by atoms with Gasteiger partial charge in [0.1, 0.15) is 0 Å². The minimum Gasteiger partial charge on any atom is -0.195 e. The summed E-state index contributed by atoms with van der Waals surface area (Å²) in [5.74, 6) is -0.413. The highest BCUT2D eigenvalue weighted by Gasteiger charge is 2.11. The summed E-state index contributed by atoms with van der Waals surface area (Å²) < 4.78 is 31.7. The van der Waals surface area contributed by atoms with Crippen molar-refractivity contribution in [2.24, 2.45) is 5.92 Å². The molecule has 0 aliphatic heterocycles. The average Bonchev–Trinajstić information content (AvgIpc) is 1.62. The number of rotatable bonds is 3. The molecule has 9 heavy (non-hydrogen) atoms. The van der Waals surface area contributed by atoms with Crippen LogP contribution in [0.4, 0.5) is 3.89 Å². The lowest BCUT2D eigenvalue weighted by molar-refractivity contribution is 0.526. The molecular weight excluding hydrogens is 143 g/mol. The maximum Gasteiger partial charge on any atom is 0.302 e. The van der Waals surface area contributed by atoms with E-state index in [-0.39, 0.29) is 11.7 Å². The summed E-state index contributed by atoms with van der Waals surface area (Å²) in [6, 6.07) is 0. The molecule has 0 heterocycles. The highest BCUT2D eigenvalue weighted by atomic mass is 32.3. The van der Waals surface area contributed by atoms with Crippen molar-refractivity contribution in [1.82, 2.24) is 0 Å². The predicted molar refractivity (Wildman–Crippen MR) is 34.3 cm³/mol. The Hall–Kier alpha value is -0.120. The molecule has 0 spiro atoms. The second-order valence-corrected chi connectivity index (χ2v) is 3.63. The quantitative estimate of drug-likeness (QED) is 0.575. The predicted octanol–water partition coefficient (Wildman–Crippen LogP) is 1.33. The van der Waals surface area contributed by atoms with Gasteiger partial charge in [0.15, 0.2) is 0 Å². The summed E-state index contributed by atoms with van der Waals surface area (Å²) >= 11 is 0. The van der Waals surface area contributed by atoms with Crippen molar-refractivity contribution >= 4 is 10.2 Å². The summed E-state index contributed by atoms with van der Waals surface area (Å²) in [5, 5.41) is 0. The highest BCUT2D eigenvalue weighted by Crippen LogP contribution is 2.05. The van der Waals surface area contributed by atoms with Crippen LogP contribution in [0.25, 0.3) is 0 Å². The monoisotopic (exact) mass is 154 g/mol. The zero-order valence-electron chi connectivity index (χ0n) is 5.59. The van der Waals surface area contributed by atoms with E-state index in [2.05, 4.69) is 0 Å². The maximum absolute atomic E-state index is 11.8. The summed E-state index contributed by atoms with van der Waals surface area (Å²) in [7, 11) is -4.24. The van der Waals surface area contributed by atoms with Crippen LogP contribution in [0.3, 0.4) is 0 Å². The Morgan fingerprint density at radius 3 is 2.11 bits per heavy atom. The second-order valence-electron chi connectivity index (χ2n) is 2.22. The molecule has 0 amide bonds. The van der Waals surface area contributed by atoms with E-state index in [9.17, 15) is 12.3 Å². The van der Waals surface area contributed by atoms with E-state index in [1.165, 1.54) is 0 Å². The van der Waals surface area contributed by atoms with Gasteiger partial charge < -0.3 is 0 Å². The molecule has 0 rings (SSSR count). The Morgan fingerprint density at radius 2 is 2.00 bits per heavy atom. The first-order chi connectivity index (χ1) is 3.95. The fourth-order valence-corrected chi connectivity index (χ4v) is 1.37. The van der Waals surface area contributed by atoms with Gasteiger partial charge >= 0.3 is 10.2 Å². The molecule has 0 saturated heterocycles. The van der Waals surface area contributed by atoms with Gasteiger partial charge in [-0.3, -0.25) is 0 Å². The molecule has 0 fully saturated rings. The molecule has 56 valence electrons. The van der Waals surface area contributed by atoms with Gasteiger partial charge in [0.25, 0.3) is 0 Å². The Kier molecular flexibility index (Phi) is 3.11. The van der Waals surface area contributed by atoms with Crippen LogP contribution >= 0.6 is 0 Å². The molecule has 2 nitrogen and oxygen atoms in total. The van der Waals surface area contributed by atoms with Gasteiger partial charge in [-0.15, -0.1) is 3.89 Å². The number of hydrogen-bond acceptors (Lipinski definition) is 2. The third-order valence-electron chi connectivity index (χ3n) is 1.18. The summed E-state index contributed by atoms with van der Waals surface area (Å²) in [5.41, 5.74) is 0. The van der Waals surface area contributed by atoms with E-state index in [4.69, 9.17) is 0 Å². The third-order valence-corrected chi connectivity index (χ3v) is 2.15. The maximum atomic E-state index is 11.8. The number of hydrogen-bond donors (Lipinski definition) is 0. The van der Waals surface area contributed by atoms with E-state index in [1.807, 2.05) is 6.92 Å². The molecule has 0 aromatic carbocycles. The second kappa shape index (κ2) is 3.15. The Bertz CT molecular complexity index is 162. The van der Waals surface area contributed by atoms with Gasteiger partial charge in [-0.25, -0.2) is 0 Å². The van der Waals surface area contributed by atoms with Gasteiger partial charge in [-0.1, -0.05) is 20.3 Å². The first-order valence-electron chi connectivity index (χ1n) is 2.88. The van der Waals surface area contributed by atoms with Crippen molar-refractivity contribution in [2.75, 3.05) is 5.75 Å². The van der Waals surface area contributed by atoms with Crippen molar-refractivity contribution < 1.29 is 12.3 Å². The Labute approximate surface area is 55.3 Å². The largest absolute Gasteiger partial charge is 0.302 e. The van der Waals surface area contributed by atoms with Crippen LogP contribution < -0.4 is 0 Å². The molecule has 0 bridgehead atoms. The molecule has 0 aliphatic carbocycles. The van der Waals surface area contributed by atoms with Crippen molar-refractivity contribution in [3.63, 3.8) is 0 Å². The van der Waals surface area contributed by atoms with Gasteiger partial charge in [0, 0.05) is 0 Å². The SMILES string of the molecule is CC[C@@H](C)CS(=O)(=O)F.